The highest BCUT2D eigenvalue weighted by atomic mass is 19.4. The maximum absolute atomic E-state index is 12.7. The van der Waals surface area contributed by atoms with Gasteiger partial charge in [0.2, 0.25) is 0 Å². The van der Waals surface area contributed by atoms with Crippen LogP contribution in [0.15, 0.2) is 41.3 Å². The number of aromatic nitrogens is 1. The zero-order chi connectivity index (χ0) is 22.5. The van der Waals surface area contributed by atoms with Crippen LogP contribution in [0.25, 0.3) is 0 Å². The van der Waals surface area contributed by atoms with Gasteiger partial charge in [0.15, 0.2) is 6.61 Å². The number of amides is 2. The standard InChI is InChI=1S/C20H22F3N3O4/c1-4-26(5-2)18(28)13-9-16(19(29)25(3)11-13)24-17(27)12-30-15-8-6-7-14(10-15)20(21,22)23/h6-11H,4-5,12H2,1-3H3,(H,24,27). The first kappa shape index (κ1) is 23.0. The van der Waals surface area contributed by atoms with Crippen molar-refractivity contribution in [1.29, 1.82) is 0 Å². The van der Waals surface area contributed by atoms with E-state index in [4.69, 9.17) is 4.74 Å². The zero-order valence-corrected chi connectivity index (χ0v) is 16.7. The zero-order valence-electron chi connectivity index (χ0n) is 16.7. The number of aryl methyl sites for hydroxylation is 1. The van der Waals surface area contributed by atoms with Crippen LogP contribution in [0, 0.1) is 0 Å². The quantitative estimate of drug-likeness (QED) is 0.740. The van der Waals surface area contributed by atoms with Crippen molar-refractivity contribution in [1.82, 2.24) is 9.47 Å². The van der Waals surface area contributed by atoms with E-state index in [1.54, 1.807) is 4.90 Å². The minimum atomic E-state index is -4.54. The van der Waals surface area contributed by atoms with Gasteiger partial charge in [-0.05, 0) is 38.1 Å². The summed E-state index contributed by atoms with van der Waals surface area (Å²) in [7, 11) is 1.44. The first-order chi connectivity index (χ1) is 14.1. The molecule has 1 N–H and O–H groups in total. The summed E-state index contributed by atoms with van der Waals surface area (Å²) in [4.78, 5) is 38.5. The van der Waals surface area contributed by atoms with E-state index >= 15 is 0 Å². The summed E-state index contributed by atoms with van der Waals surface area (Å²) in [6, 6.07) is 5.37. The van der Waals surface area contributed by atoms with Crippen LogP contribution < -0.4 is 15.6 Å². The summed E-state index contributed by atoms with van der Waals surface area (Å²) in [5, 5.41) is 2.35. The van der Waals surface area contributed by atoms with Crippen molar-refractivity contribution in [3.05, 3.63) is 58.0 Å². The van der Waals surface area contributed by atoms with Crippen LogP contribution in [0.5, 0.6) is 5.75 Å². The molecule has 0 aliphatic heterocycles. The molecule has 1 heterocycles. The van der Waals surface area contributed by atoms with Crippen molar-refractivity contribution in [3.8, 4) is 5.75 Å². The van der Waals surface area contributed by atoms with Gasteiger partial charge in [0.25, 0.3) is 17.4 Å². The highest BCUT2D eigenvalue weighted by Crippen LogP contribution is 2.31. The summed E-state index contributed by atoms with van der Waals surface area (Å²) < 4.78 is 44.5. The minimum absolute atomic E-state index is 0.131. The van der Waals surface area contributed by atoms with Crippen LogP contribution in [0.1, 0.15) is 29.8 Å². The Hall–Kier alpha value is -3.30. The molecule has 10 heteroatoms. The highest BCUT2D eigenvalue weighted by Gasteiger charge is 2.30. The Morgan fingerprint density at radius 1 is 1.17 bits per heavy atom. The molecule has 0 aliphatic carbocycles. The molecule has 2 amide bonds. The SMILES string of the molecule is CCN(CC)C(=O)c1cc(NC(=O)COc2cccc(C(F)(F)F)c2)c(=O)n(C)c1. The summed E-state index contributed by atoms with van der Waals surface area (Å²) >= 11 is 0. The van der Waals surface area contributed by atoms with E-state index in [0.29, 0.717) is 13.1 Å². The molecule has 0 aliphatic rings. The number of anilines is 1. The predicted molar refractivity (Wildman–Crippen MR) is 105 cm³/mol. The largest absolute Gasteiger partial charge is 0.484 e. The Labute approximate surface area is 171 Å². The molecule has 0 bridgehead atoms. The van der Waals surface area contributed by atoms with E-state index in [0.717, 1.165) is 18.2 Å². The fourth-order valence-corrected chi connectivity index (χ4v) is 2.71. The lowest BCUT2D eigenvalue weighted by atomic mass is 10.2. The van der Waals surface area contributed by atoms with Crippen LogP contribution in [0.3, 0.4) is 0 Å². The summed E-state index contributed by atoms with van der Waals surface area (Å²) in [6.45, 7) is 3.97. The molecule has 2 rings (SSSR count). The minimum Gasteiger partial charge on any atom is -0.484 e. The number of rotatable bonds is 7. The number of hydrogen-bond donors (Lipinski definition) is 1. The summed E-state index contributed by atoms with van der Waals surface area (Å²) in [6.07, 6.45) is -3.16. The highest BCUT2D eigenvalue weighted by molar-refractivity contribution is 5.97. The van der Waals surface area contributed by atoms with Crippen LogP contribution in [-0.4, -0.2) is 41.0 Å². The molecule has 0 radical (unpaired) electrons. The van der Waals surface area contributed by atoms with Gasteiger partial charge in [0, 0.05) is 26.3 Å². The van der Waals surface area contributed by atoms with E-state index in [2.05, 4.69) is 5.32 Å². The van der Waals surface area contributed by atoms with Crippen LogP contribution >= 0.6 is 0 Å². The number of halogens is 3. The lowest BCUT2D eigenvalue weighted by molar-refractivity contribution is -0.137. The third-order valence-electron chi connectivity index (χ3n) is 4.29. The molecule has 30 heavy (non-hydrogen) atoms. The van der Waals surface area contributed by atoms with Gasteiger partial charge >= 0.3 is 6.18 Å². The maximum atomic E-state index is 12.7. The van der Waals surface area contributed by atoms with Gasteiger partial charge in [-0.1, -0.05) is 6.07 Å². The fraction of sp³-hybridized carbons (Fsp3) is 0.350. The topological polar surface area (TPSA) is 80.6 Å². The average molecular weight is 425 g/mol. The van der Waals surface area contributed by atoms with Crippen molar-refractivity contribution in [2.45, 2.75) is 20.0 Å². The fourth-order valence-electron chi connectivity index (χ4n) is 2.71. The van der Waals surface area contributed by atoms with Crippen LogP contribution in [-0.2, 0) is 18.0 Å². The Balaban J connectivity index is 2.13. The first-order valence-corrected chi connectivity index (χ1v) is 9.16. The van der Waals surface area contributed by atoms with E-state index in [1.807, 2.05) is 13.8 Å². The van der Waals surface area contributed by atoms with Gasteiger partial charge in [-0.3, -0.25) is 14.4 Å². The molecule has 162 valence electrons. The second-order valence-corrected chi connectivity index (χ2v) is 6.40. The third kappa shape index (κ3) is 5.62. The van der Waals surface area contributed by atoms with E-state index < -0.39 is 29.8 Å². The van der Waals surface area contributed by atoms with Crippen molar-refractivity contribution >= 4 is 17.5 Å². The lowest BCUT2D eigenvalue weighted by Crippen LogP contribution is -2.33. The molecule has 1 aromatic heterocycles. The average Bonchev–Trinajstić information content (AvgIpc) is 2.70. The second kappa shape index (κ2) is 9.47. The van der Waals surface area contributed by atoms with Crippen molar-refractivity contribution in [2.24, 2.45) is 7.05 Å². The predicted octanol–water partition coefficient (Wildman–Crippen LogP) is 2.90. The monoisotopic (exact) mass is 425 g/mol. The van der Waals surface area contributed by atoms with E-state index in [9.17, 15) is 27.6 Å². The molecule has 0 unspecified atom stereocenters. The number of ether oxygens (including phenoxy) is 1. The number of nitrogens with one attached hydrogen (secondary N) is 1. The van der Waals surface area contributed by atoms with Crippen LogP contribution in [0.2, 0.25) is 0 Å². The summed E-state index contributed by atoms with van der Waals surface area (Å²) in [5.74, 6) is -1.19. The molecular formula is C20H22F3N3O4. The van der Waals surface area contributed by atoms with Crippen molar-refractivity contribution in [2.75, 3.05) is 25.0 Å². The van der Waals surface area contributed by atoms with Crippen LogP contribution in [0.4, 0.5) is 18.9 Å². The van der Waals surface area contributed by atoms with Gasteiger partial charge in [-0.25, -0.2) is 0 Å². The number of pyridine rings is 1. The lowest BCUT2D eigenvalue weighted by Gasteiger charge is -2.19. The molecule has 7 nitrogen and oxygen atoms in total. The molecule has 0 fully saturated rings. The van der Waals surface area contributed by atoms with Gasteiger partial charge in [-0.15, -0.1) is 0 Å². The maximum Gasteiger partial charge on any atom is 0.416 e. The summed E-state index contributed by atoms with van der Waals surface area (Å²) in [5.41, 5.74) is -1.36. The molecule has 0 spiro atoms. The Morgan fingerprint density at radius 2 is 1.83 bits per heavy atom. The number of hydrogen-bond acceptors (Lipinski definition) is 4. The van der Waals surface area contributed by atoms with Crippen molar-refractivity contribution in [3.63, 3.8) is 0 Å². The number of benzene rings is 1. The van der Waals surface area contributed by atoms with E-state index in [1.165, 1.54) is 29.9 Å². The molecular weight excluding hydrogens is 403 g/mol. The molecule has 0 atom stereocenters. The molecule has 0 saturated carbocycles. The Bertz CT molecular complexity index is 982. The molecule has 1 aromatic carbocycles. The van der Waals surface area contributed by atoms with Crippen molar-refractivity contribution < 1.29 is 27.5 Å². The Kier molecular flexibility index (Phi) is 7.25. The molecule has 0 saturated heterocycles. The number of nitrogens with zero attached hydrogens (tertiary/aromatic N) is 2. The first-order valence-electron chi connectivity index (χ1n) is 9.16. The number of alkyl halides is 3. The van der Waals surface area contributed by atoms with E-state index in [-0.39, 0.29) is 22.9 Å². The van der Waals surface area contributed by atoms with Gasteiger partial charge in [0.05, 0.1) is 11.1 Å². The van der Waals surface area contributed by atoms with Gasteiger partial charge in [0.1, 0.15) is 11.4 Å². The Morgan fingerprint density at radius 3 is 2.43 bits per heavy atom. The second-order valence-electron chi connectivity index (χ2n) is 6.40. The normalized spacial score (nSPS) is 11.1. The third-order valence-corrected chi connectivity index (χ3v) is 4.29. The smallest absolute Gasteiger partial charge is 0.416 e. The number of carbonyl (C=O) groups excluding carboxylic acids is 2. The van der Waals surface area contributed by atoms with Gasteiger partial charge < -0.3 is 19.5 Å². The molecule has 2 aromatic rings. The number of carbonyl (C=O) groups is 2. The van der Waals surface area contributed by atoms with Gasteiger partial charge in [-0.2, -0.15) is 13.2 Å².